The highest BCUT2D eigenvalue weighted by atomic mass is 32.1. The molecule has 0 unspecified atom stereocenters. The van der Waals surface area contributed by atoms with Crippen molar-refractivity contribution in [1.82, 2.24) is 15.0 Å². The van der Waals surface area contributed by atoms with Crippen molar-refractivity contribution in [2.24, 2.45) is 0 Å². The van der Waals surface area contributed by atoms with Gasteiger partial charge in [-0.25, -0.2) is 0 Å². The third-order valence-corrected chi connectivity index (χ3v) is 4.75. The normalized spacial score (nSPS) is 12.7. The van der Waals surface area contributed by atoms with Crippen LogP contribution in [-0.2, 0) is 6.54 Å². The lowest BCUT2D eigenvalue weighted by molar-refractivity contribution is 0.202. The lowest BCUT2D eigenvalue weighted by atomic mass is 10.1. The SMILES string of the molecule is Cc1ccccc1CN(C)[C@H](C)c1nc(-c2cccs2)no1. The number of nitrogens with zero attached hydrogens (tertiary/aromatic N) is 3. The summed E-state index contributed by atoms with van der Waals surface area (Å²) >= 11 is 1.62. The first-order chi connectivity index (χ1) is 10.6. The van der Waals surface area contributed by atoms with E-state index in [1.165, 1.54) is 11.1 Å². The number of hydrogen-bond donors (Lipinski definition) is 0. The van der Waals surface area contributed by atoms with Crippen molar-refractivity contribution in [3.63, 3.8) is 0 Å². The van der Waals surface area contributed by atoms with Crippen LogP contribution in [0.15, 0.2) is 46.3 Å². The first-order valence-electron chi connectivity index (χ1n) is 7.27. The van der Waals surface area contributed by atoms with Crippen LogP contribution < -0.4 is 0 Å². The lowest BCUT2D eigenvalue weighted by Crippen LogP contribution is -2.22. The van der Waals surface area contributed by atoms with E-state index >= 15 is 0 Å². The van der Waals surface area contributed by atoms with E-state index in [0.717, 1.165) is 11.4 Å². The molecule has 3 rings (SSSR count). The Bertz CT molecular complexity index is 736. The Morgan fingerprint density at radius 3 is 2.77 bits per heavy atom. The Morgan fingerprint density at radius 2 is 2.05 bits per heavy atom. The number of aryl methyl sites for hydroxylation is 1. The molecule has 5 heteroatoms. The van der Waals surface area contributed by atoms with Crippen LogP contribution in [0.4, 0.5) is 0 Å². The van der Waals surface area contributed by atoms with Gasteiger partial charge in [-0.05, 0) is 43.5 Å². The molecule has 1 atom stereocenters. The summed E-state index contributed by atoms with van der Waals surface area (Å²) in [5.74, 6) is 1.32. The Kier molecular flexibility index (Phi) is 4.36. The van der Waals surface area contributed by atoms with Crippen LogP contribution in [0.2, 0.25) is 0 Å². The van der Waals surface area contributed by atoms with Gasteiger partial charge >= 0.3 is 0 Å². The largest absolute Gasteiger partial charge is 0.337 e. The van der Waals surface area contributed by atoms with Crippen molar-refractivity contribution in [1.29, 1.82) is 0 Å². The molecular formula is C17H19N3OS. The predicted molar refractivity (Wildman–Crippen MR) is 88.7 cm³/mol. The predicted octanol–water partition coefficient (Wildman–Crippen LogP) is 4.30. The Labute approximate surface area is 134 Å². The van der Waals surface area contributed by atoms with Crippen LogP contribution >= 0.6 is 11.3 Å². The molecule has 4 nitrogen and oxygen atoms in total. The van der Waals surface area contributed by atoms with Gasteiger partial charge in [0.1, 0.15) is 0 Å². The third-order valence-electron chi connectivity index (χ3n) is 3.88. The van der Waals surface area contributed by atoms with Crippen molar-refractivity contribution in [3.8, 4) is 10.7 Å². The first kappa shape index (κ1) is 14.9. The number of aromatic nitrogens is 2. The topological polar surface area (TPSA) is 42.2 Å². The van der Waals surface area contributed by atoms with E-state index in [9.17, 15) is 0 Å². The molecule has 2 aromatic heterocycles. The van der Waals surface area contributed by atoms with E-state index in [4.69, 9.17) is 4.52 Å². The number of benzene rings is 1. The van der Waals surface area contributed by atoms with E-state index < -0.39 is 0 Å². The molecule has 0 radical (unpaired) electrons. The summed E-state index contributed by atoms with van der Waals surface area (Å²) in [6, 6.07) is 12.5. The molecule has 0 spiro atoms. The molecule has 0 fully saturated rings. The van der Waals surface area contributed by atoms with Gasteiger partial charge in [-0.3, -0.25) is 4.90 Å². The van der Waals surface area contributed by atoms with E-state index in [2.05, 4.69) is 60.2 Å². The second-order valence-corrected chi connectivity index (χ2v) is 6.40. The second-order valence-electron chi connectivity index (χ2n) is 5.45. The average molecular weight is 313 g/mol. The highest BCUT2D eigenvalue weighted by molar-refractivity contribution is 7.13. The molecule has 2 heterocycles. The minimum atomic E-state index is 0.0702. The Hall–Kier alpha value is -1.98. The fourth-order valence-electron chi connectivity index (χ4n) is 2.29. The Morgan fingerprint density at radius 1 is 1.23 bits per heavy atom. The van der Waals surface area contributed by atoms with Gasteiger partial charge in [0.2, 0.25) is 11.7 Å². The summed E-state index contributed by atoms with van der Waals surface area (Å²) < 4.78 is 5.44. The lowest BCUT2D eigenvalue weighted by Gasteiger charge is -2.22. The summed E-state index contributed by atoms with van der Waals surface area (Å²) in [6.07, 6.45) is 0. The van der Waals surface area contributed by atoms with Gasteiger partial charge in [0.25, 0.3) is 0 Å². The van der Waals surface area contributed by atoms with Gasteiger partial charge in [0.05, 0.1) is 10.9 Å². The molecule has 0 saturated carbocycles. The van der Waals surface area contributed by atoms with Crippen molar-refractivity contribution < 1.29 is 4.52 Å². The zero-order valence-corrected chi connectivity index (χ0v) is 13.8. The van der Waals surface area contributed by atoms with Crippen LogP contribution in [-0.4, -0.2) is 22.1 Å². The number of hydrogen-bond acceptors (Lipinski definition) is 5. The summed E-state index contributed by atoms with van der Waals surface area (Å²) in [5, 5.41) is 6.10. The van der Waals surface area contributed by atoms with E-state index in [1.54, 1.807) is 11.3 Å². The maximum absolute atomic E-state index is 5.44. The fourth-order valence-corrected chi connectivity index (χ4v) is 2.94. The zero-order chi connectivity index (χ0) is 15.5. The molecule has 0 N–H and O–H groups in total. The average Bonchev–Trinajstić information content (AvgIpc) is 3.19. The van der Waals surface area contributed by atoms with Gasteiger partial charge in [0, 0.05) is 6.54 Å². The molecular weight excluding hydrogens is 294 g/mol. The van der Waals surface area contributed by atoms with Crippen molar-refractivity contribution in [2.75, 3.05) is 7.05 Å². The maximum Gasteiger partial charge on any atom is 0.244 e. The standard InChI is InChI=1S/C17H19N3OS/c1-12-7-4-5-8-14(12)11-20(3)13(2)17-18-16(19-21-17)15-9-6-10-22-15/h4-10,13H,11H2,1-3H3/t13-/m1/s1. The minimum absolute atomic E-state index is 0.0702. The molecule has 3 aromatic rings. The second kappa shape index (κ2) is 6.42. The van der Waals surface area contributed by atoms with E-state index in [1.807, 2.05) is 17.5 Å². The molecule has 0 saturated heterocycles. The molecule has 0 aliphatic rings. The van der Waals surface area contributed by atoms with Gasteiger partial charge in [-0.2, -0.15) is 4.98 Å². The van der Waals surface area contributed by atoms with E-state index in [-0.39, 0.29) is 6.04 Å². The van der Waals surface area contributed by atoms with Crippen LogP contribution in [0.1, 0.15) is 30.0 Å². The molecule has 0 bridgehead atoms. The van der Waals surface area contributed by atoms with Crippen molar-refractivity contribution >= 4 is 11.3 Å². The van der Waals surface area contributed by atoms with Crippen molar-refractivity contribution in [2.45, 2.75) is 26.4 Å². The minimum Gasteiger partial charge on any atom is -0.337 e. The molecule has 114 valence electrons. The van der Waals surface area contributed by atoms with Crippen LogP contribution in [0.5, 0.6) is 0 Å². The fraction of sp³-hybridized carbons (Fsp3) is 0.294. The van der Waals surface area contributed by atoms with Crippen LogP contribution in [0, 0.1) is 6.92 Å². The van der Waals surface area contributed by atoms with Gasteiger partial charge in [-0.15, -0.1) is 11.3 Å². The van der Waals surface area contributed by atoms with Gasteiger partial charge < -0.3 is 4.52 Å². The van der Waals surface area contributed by atoms with Crippen LogP contribution in [0.25, 0.3) is 10.7 Å². The van der Waals surface area contributed by atoms with Crippen LogP contribution in [0.3, 0.4) is 0 Å². The molecule has 1 aromatic carbocycles. The highest BCUT2D eigenvalue weighted by Gasteiger charge is 2.20. The Balaban J connectivity index is 1.73. The van der Waals surface area contributed by atoms with E-state index in [0.29, 0.717) is 11.7 Å². The maximum atomic E-state index is 5.44. The molecule has 22 heavy (non-hydrogen) atoms. The number of rotatable bonds is 5. The first-order valence-corrected chi connectivity index (χ1v) is 8.15. The number of thiophene rings is 1. The zero-order valence-electron chi connectivity index (χ0n) is 13.0. The quantitative estimate of drug-likeness (QED) is 0.704. The van der Waals surface area contributed by atoms with Gasteiger partial charge in [-0.1, -0.05) is 35.5 Å². The third kappa shape index (κ3) is 3.10. The summed E-state index contributed by atoms with van der Waals surface area (Å²) in [4.78, 5) is 7.78. The monoisotopic (exact) mass is 313 g/mol. The molecule has 0 aliphatic carbocycles. The highest BCUT2D eigenvalue weighted by Crippen LogP contribution is 2.25. The molecule has 0 aliphatic heterocycles. The summed E-state index contributed by atoms with van der Waals surface area (Å²) in [6.45, 7) is 5.07. The summed E-state index contributed by atoms with van der Waals surface area (Å²) in [7, 11) is 2.08. The molecule has 0 amide bonds. The van der Waals surface area contributed by atoms with Gasteiger partial charge in [0.15, 0.2) is 0 Å². The smallest absolute Gasteiger partial charge is 0.244 e. The van der Waals surface area contributed by atoms with Crippen molar-refractivity contribution in [3.05, 3.63) is 58.8 Å². The summed E-state index contributed by atoms with van der Waals surface area (Å²) in [5.41, 5.74) is 2.61.